The number of hydrogen-bond acceptors (Lipinski definition) is 8. The molecule has 1 aromatic rings. The Labute approximate surface area is 154 Å². The molecule has 0 aliphatic heterocycles. The smallest absolute Gasteiger partial charge is 0.481 e. The number of anilines is 1. The molecule has 0 spiro atoms. The molecule has 1 aromatic heterocycles. The van der Waals surface area contributed by atoms with E-state index in [1.807, 2.05) is 0 Å². The minimum Gasteiger partial charge on any atom is -0.481 e. The highest BCUT2D eigenvalue weighted by Crippen LogP contribution is 2.31. The predicted octanol–water partition coefficient (Wildman–Crippen LogP) is 3.43. The number of nitrogens with one attached hydrogen (secondary N) is 1. The standard InChI is InChI=1S/C16H21NO8S/c1-3-23-15(21)17-13-10(14(20)25-16(22)24-4-2)9-26-11(13)7-5-6-8-12(18)19/h9H,3-8H2,1-2H3,(H,17,21)(H,18,19). The van der Waals surface area contributed by atoms with Gasteiger partial charge in [-0.25, -0.2) is 14.4 Å². The highest BCUT2D eigenvalue weighted by Gasteiger charge is 2.23. The Morgan fingerprint density at radius 3 is 2.42 bits per heavy atom. The number of esters is 1. The fraction of sp³-hybridized carbons (Fsp3) is 0.500. The fourth-order valence-electron chi connectivity index (χ4n) is 1.98. The quantitative estimate of drug-likeness (QED) is 0.375. The van der Waals surface area contributed by atoms with E-state index in [2.05, 4.69) is 14.8 Å². The van der Waals surface area contributed by atoms with Crippen LogP contribution in [0.3, 0.4) is 0 Å². The molecule has 0 bridgehead atoms. The molecule has 144 valence electrons. The van der Waals surface area contributed by atoms with Gasteiger partial charge in [-0.15, -0.1) is 11.3 Å². The van der Waals surface area contributed by atoms with E-state index in [1.165, 1.54) is 16.7 Å². The maximum Gasteiger partial charge on any atom is 0.516 e. The number of carbonyl (C=O) groups excluding carboxylic acids is 3. The maximum absolute atomic E-state index is 12.1. The lowest BCUT2D eigenvalue weighted by Gasteiger charge is -2.09. The number of carbonyl (C=O) groups is 4. The number of carboxylic acids is 1. The Morgan fingerprint density at radius 1 is 1.12 bits per heavy atom. The summed E-state index contributed by atoms with van der Waals surface area (Å²) in [6.45, 7) is 3.40. The molecule has 10 heteroatoms. The molecule has 1 heterocycles. The largest absolute Gasteiger partial charge is 0.516 e. The van der Waals surface area contributed by atoms with Crippen molar-refractivity contribution in [2.75, 3.05) is 18.5 Å². The molecule has 26 heavy (non-hydrogen) atoms. The normalized spacial score (nSPS) is 10.1. The van der Waals surface area contributed by atoms with E-state index in [0.717, 1.165) is 0 Å². The van der Waals surface area contributed by atoms with Crippen LogP contribution in [0.15, 0.2) is 5.38 Å². The molecule has 0 unspecified atom stereocenters. The van der Waals surface area contributed by atoms with Crippen LogP contribution < -0.4 is 5.32 Å². The zero-order valence-corrected chi connectivity index (χ0v) is 15.3. The van der Waals surface area contributed by atoms with Crippen molar-refractivity contribution in [2.24, 2.45) is 0 Å². The van der Waals surface area contributed by atoms with Crippen LogP contribution in [0.4, 0.5) is 15.3 Å². The lowest BCUT2D eigenvalue weighted by Crippen LogP contribution is -2.18. The number of aliphatic carboxylic acids is 1. The zero-order valence-electron chi connectivity index (χ0n) is 14.5. The summed E-state index contributed by atoms with van der Waals surface area (Å²) in [4.78, 5) is 46.4. The highest BCUT2D eigenvalue weighted by molar-refractivity contribution is 7.11. The second-order valence-corrected chi connectivity index (χ2v) is 5.93. The summed E-state index contributed by atoms with van der Waals surface area (Å²) in [5, 5.41) is 12.6. The molecule has 0 saturated heterocycles. The third-order valence-corrected chi connectivity index (χ3v) is 4.12. The van der Waals surface area contributed by atoms with Crippen LogP contribution in [-0.4, -0.2) is 42.5 Å². The van der Waals surface area contributed by atoms with E-state index in [1.54, 1.807) is 13.8 Å². The Balaban J connectivity index is 2.90. The summed E-state index contributed by atoms with van der Waals surface area (Å²) in [5.74, 6) is -1.84. The molecule has 1 amide bonds. The van der Waals surface area contributed by atoms with E-state index in [0.29, 0.717) is 24.1 Å². The number of unbranched alkanes of at least 4 members (excludes halogenated alkanes) is 1. The van der Waals surface area contributed by atoms with Gasteiger partial charge in [-0.2, -0.15) is 0 Å². The molecule has 0 aliphatic carbocycles. The Bertz CT molecular complexity index is 655. The number of aryl methyl sites for hydroxylation is 1. The number of rotatable bonds is 9. The number of hydrogen-bond donors (Lipinski definition) is 2. The maximum atomic E-state index is 12.1. The average molecular weight is 387 g/mol. The Kier molecular flexibility index (Phi) is 9.13. The summed E-state index contributed by atoms with van der Waals surface area (Å²) in [7, 11) is 0. The van der Waals surface area contributed by atoms with Crippen LogP contribution in [0.1, 0.15) is 48.3 Å². The molecule has 2 N–H and O–H groups in total. The van der Waals surface area contributed by atoms with Gasteiger partial charge in [0.25, 0.3) is 0 Å². The molecule has 9 nitrogen and oxygen atoms in total. The van der Waals surface area contributed by atoms with Gasteiger partial charge in [-0.05, 0) is 33.1 Å². The monoisotopic (exact) mass is 387 g/mol. The topological polar surface area (TPSA) is 128 Å². The Morgan fingerprint density at radius 2 is 1.81 bits per heavy atom. The molecule has 0 saturated carbocycles. The second-order valence-electron chi connectivity index (χ2n) is 4.97. The molecular weight excluding hydrogens is 366 g/mol. The average Bonchev–Trinajstić information content (AvgIpc) is 2.94. The molecule has 0 radical (unpaired) electrons. The molecule has 0 fully saturated rings. The molecular formula is C16H21NO8S. The minimum absolute atomic E-state index is 0.00402. The fourth-order valence-corrected chi connectivity index (χ4v) is 2.99. The van der Waals surface area contributed by atoms with Crippen LogP contribution in [0.5, 0.6) is 0 Å². The van der Waals surface area contributed by atoms with Crippen LogP contribution >= 0.6 is 11.3 Å². The predicted molar refractivity (Wildman–Crippen MR) is 92.6 cm³/mol. The summed E-state index contributed by atoms with van der Waals surface area (Å²) >= 11 is 1.19. The first-order valence-electron chi connectivity index (χ1n) is 8.03. The van der Waals surface area contributed by atoms with Crippen LogP contribution in [0.2, 0.25) is 0 Å². The van der Waals surface area contributed by atoms with Gasteiger partial charge in [0.15, 0.2) is 0 Å². The van der Waals surface area contributed by atoms with E-state index in [-0.39, 0.29) is 30.9 Å². The van der Waals surface area contributed by atoms with Gasteiger partial charge in [0.1, 0.15) is 0 Å². The molecule has 0 aliphatic rings. The van der Waals surface area contributed by atoms with Gasteiger partial charge in [0.2, 0.25) is 0 Å². The van der Waals surface area contributed by atoms with Crippen molar-refractivity contribution in [3.63, 3.8) is 0 Å². The highest BCUT2D eigenvalue weighted by atomic mass is 32.1. The molecule has 0 aromatic carbocycles. The van der Waals surface area contributed by atoms with Gasteiger partial charge in [-0.1, -0.05) is 0 Å². The van der Waals surface area contributed by atoms with Crippen molar-refractivity contribution in [3.8, 4) is 0 Å². The molecule has 0 atom stereocenters. The third kappa shape index (κ3) is 7.09. The van der Waals surface area contributed by atoms with E-state index < -0.39 is 24.2 Å². The van der Waals surface area contributed by atoms with Gasteiger partial charge < -0.3 is 19.3 Å². The summed E-state index contributed by atoms with van der Waals surface area (Å²) in [6.07, 6.45) is -0.390. The number of carboxylic acid groups (broad SMARTS) is 1. The summed E-state index contributed by atoms with van der Waals surface area (Å²) < 4.78 is 13.9. The van der Waals surface area contributed by atoms with Gasteiger partial charge in [0.05, 0.1) is 24.5 Å². The number of ether oxygens (including phenoxy) is 3. The first-order chi connectivity index (χ1) is 12.4. The molecule has 1 rings (SSSR count). The lowest BCUT2D eigenvalue weighted by atomic mass is 10.1. The van der Waals surface area contributed by atoms with E-state index in [4.69, 9.17) is 9.84 Å². The van der Waals surface area contributed by atoms with Crippen molar-refractivity contribution in [3.05, 3.63) is 15.8 Å². The second kappa shape index (κ2) is 11.1. The van der Waals surface area contributed by atoms with Gasteiger partial charge in [0, 0.05) is 16.7 Å². The van der Waals surface area contributed by atoms with Gasteiger partial charge in [-0.3, -0.25) is 10.1 Å². The third-order valence-electron chi connectivity index (χ3n) is 3.07. The van der Waals surface area contributed by atoms with Crippen LogP contribution in [0, 0.1) is 0 Å². The van der Waals surface area contributed by atoms with Crippen molar-refractivity contribution < 1.29 is 38.5 Å². The van der Waals surface area contributed by atoms with E-state index in [9.17, 15) is 19.2 Å². The van der Waals surface area contributed by atoms with Crippen molar-refractivity contribution in [1.82, 2.24) is 0 Å². The summed E-state index contributed by atoms with van der Waals surface area (Å²) in [5.41, 5.74) is 0.197. The minimum atomic E-state index is -1.13. The lowest BCUT2D eigenvalue weighted by molar-refractivity contribution is -0.137. The number of amides is 1. The first kappa shape index (κ1) is 21.4. The SMILES string of the molecule is CCOC(=O)Nc1c(C(=O)OC(=O)OCC)csc1CCCCC(=O)O. The number of thiophene rings is 1. The zero-order chi connectivity index (χ0) is 19.5. The van der Waals surface area contributed by atoms with Crippen molar-refractivity contribution in [1.29, 1.82) is 0 Å². The van der Waals surface area contributed by atoms with Crippen molar-refractivity contribution >= 4 is 41.2 Å². The van der Waals surface area contributed by atoms with Crippen LogP contribution in [0.25, 0.3) is 0 Å². The van der Waals surface area contributed by atoms with Crippen molar-refractivity contribution in [2.45, 2.75) is 39.5 Å². The first-order valence-corrected chi connectivity index (χ1v) is 8.91. The van der Waals surface area contributed by atoms with Crippen LogP contribution in [-0.2, 0) is 25.4 Å². The van der Waals surface area contributed by atoms with Gasteiger partial charge >= 0.3 is 24.2 Å². The van der Waals surface area contributed by atoms with E-state index >= 15 is 0 Å². The summed E-state index contributed by atoms with van der Waals surface area (Å²) in [6, 6.07) is 0. The Hall–Kier alpha value is -2.62.